The Morgan fingerprint density at radius 2 is 1.50 bits per heavy atom. The first kappa shape index (κ1) is 14.7. The fraction of sp³-hybridized carbons (Fsp3) is 0.200. The Morgan fingerprint density at radius 1 is 0.818 bits per heavy atom. The molecule has 3 aromatic carbocycles. The molecular formula is C20H20FN. The van der Waals surface area contributed by atoms with Gasteiger partial charge in [-0.3, -0.25) is 0 Å². The second kappa shape index (κ2) is 6.71. The number of fused-ring (bicyclic) bond motifs is 1. The van der Waals surface area contributed by atoms with Gasteiger partial charge in [-0.25, -0.2) is 4.39 Å². The van der Waals surface area contributed by atoms with Crippen molar-refractivity contribution in [1.29, 1.82) is 0 Å². The van der Waals surface area contributed by atoms with Crippen LogP contribution in [0.4, 0.5) is 4.39 Å². The van der Waals surface area contributed by atoms with Crippen LogP contribution in [-0.2, 0) is 0 Å². The van der Waals surface area contributed by atoms with Crippen LogP contribution < -0.4 is 5.32 Å². The minimum Gasteiger partial charge on any atom is -0.319 e. The average molecular weight is 293 g/mol. The molecule has 0 bridgehead atoms. The Labute approximate surface area is 130 Å². The normalized spacial score (nSPS) is 13.9. The lowest BCUT2D eigenvalue weighted by atomic mass is 9.89. The summed E-state index contributed by atoms with van der Waals surface area (Å²) < 4.78 is 15.0. The second-order valence-electron chi connectivity index (χ2n) is 5.58. The molecule has 0 aromatic heterocycles. The molecule has 112 valence electrons. The van der Waals surface area contributed by atoms with E-state index in [1.54, 1.807) is 0 Å². The number of halogens is 1. The second-order valence-corrected chi connectivity index (χ2v) is 5.58. The largest absolute Gasteiger partial charge is 0.319 e. The van der Waals surface area contributed by atoms with Gasteiger partial charge in [-0.05, 0) is 28.9 Å². The molecule has 0 amide bonds. The van der Waals surface area contributed by atoms with E-state index in [0.717, 1.165) is 16.5 Å². The van der Waals surface area contributed by atoms with Crippen molar-refractivity contribution in [1.82, 2.24) is 5.32 Å². The molecule has 0 aliphatic rings. The maximum absolute atomic E-state index is 15.0. The summed E-state index contributed by atoms with van der Waals surface area (Å²) in [4.78, 5) is 0. The number of nitrogens with one attached hydrogen (secondary N) is 1. The molecular weight excluding hydrogens is 273 g/mol. The molecule has 1 nitrogen and oxygen atoms in total. The summed E-state index contributed by atoms with van der Waals surface area (Å²) >= 11 is 0. The van der Waals surface area contributed by atoms with Crippen molar-refractivity contribution < 1.29 is 4.39 Å². The Hall–Kier alpha value is -2.19. The van der Waals surface area contributed by atoms with Crippen LogP contribution in [0.2, 0.25) is 0 Å². The highest BCUT2D eigenvalue weighted by molar-refractivity contribution is 5.83. The zero-order valence-electron chi connectivity index (χ0n) is 12.7. The van der Waals surface area contributed by atoms with E-state index in [0.29, 0.717) is 6.54 Å². The van der Waals surface area contributed by atoms with Gasteiger partial charge >= 0.3 is 0 Å². The van der Waals surface area contributed by atoms with Crippen molar-refractivity contribution >= 4 is 10.8 Å². The highest BCUT2D eigenvalue weighted by Gasteiger charge is 2.24. The van der Waals surface area contributed by atoms with Gasteiger partial charge < -0.3 is 5.32 Å². The summed E-state index contributed by atoms with van der Waals surface area (Å²) in [5, 5.41) is 5.46. The quantitative estimate of drug-likeness (QED) is 0.709. The Bertz CT molecular complexity index is 739. The molecule has 0 saturated heterocycles. The molecule has 3 rings (SSSR count). The maximum atomic E-state index is 15.0. The highest BCUT2D eigenvalue weighted by Crippen LogP contribution is 2.35. The third-order valence-corrected chi connectivity index (χ3v) is 4.10. The lowest BCUT2D eigenvalue weighted by Crippen LogP contribution is -2.21. The molecule has 2 heteroatoms. The summed E-state index contributed by atoms with van der Waals surface area (Å²) in [6.07, 6.45) is -1.02. The summed E-state index contributed by atoms with van der Waals surface area (Å²) in [5.74, 6) is -0.197. The Balaban J connectivity index is 1.98. The van der Waals surface area contributed by atoms with Crippen molar-refractivity contribution in [3.63, 3.8) is 0 Å². The van der Waals surface area contributed by atoms with Crippen molar-refractivity contribution in [2.75, 3.05) is 13.6 Å². The predicted molar refractivity (Wildman–Crippen MR) is 90.9 cm³/mol. The van der Waals surface area contributed by atoms with Crippen LogP contribution >= 0.6 is 0 Å². The van der Waals surface area contributed by atoms with E-state index in [9.17, 15) is 0 Å². The van der Waals surface area contributed by atoms with E-state index in [2.05, 4.69) is 29.6 Å². The van der Waals surface area contributed by atoms with Crippen LogP contribution in [0.3, 0.4) is 0 Å². The van der Waals surface area contributed by atoms with Crippen LogP contribution in [-0.4, -0.2) is 13.6 Å². The zero-order valence-corrected chi connectivity index (χ0v) is 12.7. The molecule has 3 aromatic rings. The molecule has 2 atom stereocenters. The van der Waals surface area contributed by atoms with Crippen molar-refractivity contribution in [3.8, 4) is 0 Å². The van der Waals surface area contributed by atoms with Crippen LogP contribution in [0.15, 0.2) is 72.8 Å². The zero-order chi connectivity index (χ0) is 15.4. The fourth-order valence-corrected chi connectivity index (χ4v) is 2.92. The molecule has 0 fully saturated rings. The number of rotatable bonds is 5. The van der Waals surface area contributed by atoms with Crippen molar-refractivity contribution in [2.45, 2.75) is 12.1 Å². The van der Waals surface area contributed by atoms with E-state index in [1.807, 2.05) is 55.6 Å². The Kier molecular flexibility index (Phi) is 4.50. The van der Waals surface area contributed by atoms with Crippen molar-refractivity contribution in [3.05, 3.63) is 83.9 Å². The molecule has 0 saturated carbocycles. The summed E-state index contributed by atoms with van der Waals surface area (Å²) in [6, 6.07) is 23.8. The van der Waals surface area contributed by atoms with Gasteiger partial charge in [0.15, 0.2) is 0 Å². The van der Waals surface area contributed by atoms with Crippen LogP contribution in [0.1, 0.15) is 23.2 Å². The van der Waals surface area contributed by atoms with Gasteiger partial charge in [-0.2, -0.15) is 0 Å². The van der Waals surface area contributed by atoms with Crippen LogP contribution in [0.25, 0.3) is 10.8 Å². The average Bonchev–Trinajstić information content (AvgIpc) is 2.59. The first-order valence-corrected chi connectivity index (χ1v) is 7.62. The minimum absolute atomic E-state index is 0.197. The van der Waals surface area contributed by atoms with E-state index in [4.69, 9.17) is 0 Å². The number of alkyl halides is 1. The molecule has 22 heavy (non-hydrogen) atoms. The monoisotopic (exact) mass is 293 g/mol. The van der Waals surface area contributed by atoms with E-state index < -0.39 is 6.17 Å². The summed E-state index contributed by atoms with van der Waals surface area (Å²) in [6.45, 7) is 0.606. The predicted octanol–water partition coefficient (Wildman–Crippen LogP) is 4.85. The topological polar surface area (TPSA) is 12.0 Å². The van der Waals surface area contributed by atoms with Gasteiger partial charge in [-0.15, -0.1) is 0 Å². The van der Waals surface area contributed by atoms with Crippen molar-refractivity contribution in [2.24, 2.45) is 0 Å². The smallest absolute Gasteiger partial charge is 0.133 e. The summed E-state index contributed by atoms with van der Waals surface area (Å²) in [7, 11) is 1.87. The number of hydrogen-bond acceptors (Lipinski definition) is 1. The standard InChI is InChI=1S/C20H20FN/c1-22-14-19(20(21)16-8-3-2-4-9-16)18-12-11-15-7-5-6-10-17(15)13-18/h2-13,19-20,22H,14H2,1H3/t19-,20-/m0/s1. The number of benzene rings is 3. The molecule has 0 heterocycles. The van der Waals surface area contributed by atoms with Gasteiger partial charge in [0.25, 0.3) is 0 Å². The molecule has 0 aliphatic heterocycles. The van der Waals surface area contributed by atoms with Gasteiger partial charge in [0, 0.05) is 12.5 Å². The fourth-order valence-electron chi connectivity index (χ4n) is 2.92. The number of hydrogen-bond donors (Lipinski definition) is 1. The number of likely N-dealkylation sites (N-methyl/N-ethyl adjacent to an activating group) is 1. The van der Waals surface area contributed by atoms with Gasteiger partial charge in [-0.1, -0.05) is 72.8 Å². The third-order valence-electron chi connectivity index (χ3n) is 4.10. The van der Waals surface area contributed by atoms with Gasteiger partial charge in [0.1, 0.15) is 6.17 Å². The van der Waals surface area contributed by atoms with Gasteiger partial charge in [0.2, 0.25) is 0 Å². The first-order chi connectivity index (χ1) is 10.8. The third kappa shape index (κ3) is 3.02. The SMILES string of the molecule is CNC[C@@H](c1ccc2ccccc2c1)[C@@H](F)c1ccccc1. The molecule has 0 spiro atoms. The molecule has 0 unspecified atom stereocenters. The molecule has 1 N–H and O–H groups in total. The lowest BCUT2D eigenvalue weighted by molar-refractivity contribution is 0.284. The maximum Gasteiger partial charge on any atom is 0.133 e. The van der Waals surface area contributed by atoms with E-state index >= 15 is 4.39 Å². The lowest BCUT2D eigenvalue weighted by Gasteiger charge is -2.22. The molecule has 0 radical (unpaired) electrons. The van der Waals surface area contributed by atoms with Crippen LogP contribution in [0.5, 0.6) is 0 Å². The van der Waals surface area contributed by atoms with Gasteiger partial charge in [0.05, 0.1) is 0 Å². The highest BCUT2D eigenvalue weighted by atomic mass is 19.1. The Morgan fingerprint density at radius 3 is 2.23 bits per heavy atom. The molecule has 0 aliphatic carbocycles. The minimum atomic E-state index is -1.02. The van der Waals surface area contributed by atoms with Crippen LogP contribution in [0, 0.1) is 0 Å². The first-order valence-electron chi connectivity index (χ1n) is 7.62. The summed E-state index contributed by atoms with van der Waals surface area (Å²) in [5.41, 5.74) is 1.76. The van der Waals surface area contributed by atoms with E-state index in [1.165, 1.54) is 5.39 Å². The van der Waals surface area contributed by atoms with E-state index in [-0.39, 0.29) is 5.92 Å².